The van der Waals surface area contributed by atoms with Gasteiger partial charge in [-0.3, -0.25) is 9.59 Å². The molecule has 0 spiro atoms. The lowest BCUT2D eigenvalue weighted by Gasteiger charge is -2.46. The highest BCUT2D eigenvalue weighted by Crippen LogP contribution is 2.52. The van der Waals surface area contributed by atoms with E-state index in [-0.39, 0.29) is 40.8 Å². The molecule has 0 saturated carbocycles. The van der Waals surface area contributed by atoms with Crippen LogP contribution in [0.4, 0.5) is 5.13 Å². The molecule has 5 heterocycles. The number of carbonyl (C=O) groups excluding carboxylic acids is 2. The molecule has 4 aliphatic rings. The van der Waals surface area contributed by atoms with Gasteiger partial charge in [0.05, 0.1) is 18.1 Å². The molecule has 172 valence electrons. The zero-order valence-electron chi connectivity index (χ0n) is 17.7. The van der Waals surface area contributed by atoms with Gasteiger partial charge in [-0.05, 0) is 6.92 Å². The van der Waals surface area contributed by atoms with Crippen molar-refractivity contribution in [3.63, 3.8) is 0 Å². The molecule has 0 aromatic carbocycles. The Kier molecular flexibility index (Phi) is 5.23. The summed E-state index contributed by atoms with van der Waals surface area (Å²) >= 11 is 2.92. The van der Waals surface area contributed by atoms with Crippen molar-refractivity contribution in [1.29, 1.82) is 0 Å². The van der Waals surface area contributed by atoms with E-state index >= 15 is 0 Å². The van der Waals surface area contributed by atoms with Crippen molar-refractivity contribution in [1.82, 2.24) is 14.8 Å². The van der Waals surface area contributed by atoms with Crippen LogP contribution in [0.1, 0.15) is 24.3 Å². The molecule has 0 unspecified atom stereocenters. The van der Waals surface area contributed by atoms with Gasteiger partial charge in [0.1, 0.15) is 11.4 Å². The molecule has 3 saturated heterocycles. The van der Waals surface area contributed by atoms with Crippen LogP contribution in [0.2, 0.25) is 0 Å². The van der Waals surface area contributed by atoms with E-state index in [0.29, 0.717) is 36.8 Å². The Morgan fingerprint density at radius 2 is 2.00 bits per heavy atom. The highest BCUT2D eigenvalue weighted by atomic mass is 32.2. The molecule has 0 aliphatic carbocycles. The van der Waals surface area contributed by atoms with Crippen LogP contribution < -0.4 is 10.6 Å². The van der Waals surface area contributed by atoms with Crippen LogP contribution in [0.5, 0.6) is 0 Å². The van der Waals surface area contributed by atoms with E-state index in [0.717, 1.165) is 5.13 Å². The molecule has 5 rings (SSSR count). The number of nitrogens with zero attached hydrogens (tertiary/aromatic N) is 4. The number of rotatable bonds is 6. The number of anilines is 1. The van der Waals surface area contributed by atoms with Crippen molar-refractivity contribution < 1.29 is 24.6 Å². The smallest absolute Gasteiger partial charge is 0.353 e. The molecular weight excluding hydrogens is 454 g/mol. The highest BCUT2D eigenvalue weighted by Gasteiger charge is 2.60. The Labute approximate surface area is 193 Å². The van der Waals surface area contributed by atoms with Crippen molar-refractivity contribution >= 4 is 46.0 Å². The molecule has 0 bridgehead atoms. The maximum atomic E-state index is 12.5. The number of β-lactam (4-membered cyclic amide) rings is 1. The van der Waals surface area contributed by atoms with Crippen molar-refractivity contribution in [3.05, 3.63) is 21.7 Å². The van der Waals surface area contributed by atoms with E-state index in [9.17, 15) is 24.6 Å². The maximum Gasteiger partial charge on any atom is 0.353 e. The SMILES string of the molecule is C[C@@H](O)[C@H]1C(=O)N2C(C(=O)O)=C(SC3CN(c4nc(C(=O)N5CC(N)C5)cs4)C3)[C@H](C)[C@H]12. The van der Waals surface area contributed by atoms with E-state index in [2.05, 4.69) is 9.88 Å². The number of hydrogen-bond acceptors (Lipinski definition) is 9. The minimum atomic E-state index is -1.11. The monoisotopic (exact) mass is 479 g/mol. The Balaban J connectivity index is 1.23. The van der Waals surface area contributed by atoms with Crippen LogP contribution in [0, 0.1) is 11.8 Å². The van der Waals surface area contributed by atoms with E-state index in [4.69, 9.17) is 5.73 Å². The fourth-order valence-corrected chi connectivity index (χ4v) is 7.21. The van der Waals surface area contributed by atoms with Gasteiger partial charge in [0, 0.05) is 53.7 Å². The maximum absolute atomic E-state index is 12.5. The lowest BCUT2D eigenvalue weighted by atomic mass is 9.79. The second kappa shape index (κ2) is 7.72. The number of thiazole rings is 1. The molecule has 1 aromatic heterocycles. The van der Waals surface area contributed by atoms with E-state index in [1.54, 1.807) is 17.2 Å². The van der Waals surface area contributed by atoms with Crippen LogP contribution in [0.3, 0.4) is 0 Å². The summed E-state index contributed by atoms with van der Waals surface area (Å²) in [4.78, 5) is 47.1. The van der Waals surface area contributed by atoms with Gasteiger partial charge in [0.2, 0.25) is 5.91 Å². The van der Waals surface area contributed by atoms with Crippen molar-refractivity contribution in [2.45, 2.75) is 37.3 Å². The number of likely N-dealkylation sites (tertiary alicyclic amines) is 1. The van der Waals surface area contributed by atoms with Crippen LogP contribution in [-0.4, -0.2) is 92.4 Å². The molecule has 10 nitrogen and oxygen atoms in total. The summed E-state index contributed by atoms with van der Waals surface area (Å²) in [5, 5.41) is 22.4. The number of amides is 2. The molecule has 0 radical (unpaired) electrons. The second-order valence-corrected chi connectivity index (χ2v) is 11.1. The number of carboxylic acid groups (broad SMARTS) is 1. The Bertz CT molecular complexity index is 1010. The predicted molar refractivity (Wildman–Crippen MR) is 119 cm³/mol. The average Bonchev–Trinajstić information content (AvgIpc) is 3.23. The number of nitrogens with two attached hydrogens (primary N) is 1. The Morgan fingerprint density at radius 3 is 2.59 bits per heavy atom. The van der Waals surface area contributed by atoms with E-state index in [1.807, 2.05) is 6.92 Å². The Morgan fingerprint density at radius 1 is 1.31 bits per heavy atom. The molecule has 3 fully saturated rings. The van der Waals surface area contributed by atoms with Gasteiger partial charge in [-0.1, -0.05) is 6.92 Å². The molecule has 4 aliphatic heterocycles. The van der Waals surface area contributed by atoms with Crippen LogP contribution >= 0.6 is 23.1 Å². The third kappa shape index (κ3) is 3.23. The van der Waals surface area contributed by atoms with Gasteiger partial charge >= 0.3 is 5.97 Å². The molecule has 2 amide bonds. The number of aliphatic hydroxyl groups excluding tert-OH is 1. The third-order valence-corrected chi connectivity index (χ3v) is 8.98. The topological polar surface area (TPSA) is 140 Å². The summed E-state index contributed by atoms with van der Waals surface area (Å²) < 4.78 is 0. The van der Waals surface area contributed by atoms with Gasteiger partial charge in [0.25, 0.3) is 5.91 Å². The van der Waals surface area contributed by atoms with Gasteiger partial charge < -0.3 is 30.6 Å². The molecule has 1 aromatic rings. The number of fused-ring (bicyclic) bond motifs is 1. The molecule has 4 N–H and O–H groups in total. The van der Waals surface area contributed by atoms with Crippen LogP contribution in [0.25, 0.3) is 0 Å². The summed E-state index contributed by atoms with van der Waals surface area (Å²) in [5.41, 5.74) is 6.23. The van der Waals surface area contributed by atoms with E-state index in [1.165, 1.54) is 28.0 Å². The quantitative estimate of drug-likeness (QED) is 0.481. The first-order valence-electron chi connectivity index (χ1n) is 10.6. The predicted octanol–water partition coefficient (Wildman–Crippen LogP) is 0.00170. The largest absolute Gasteiger partial charge is 0.477 e. The highest BCUT2D eigenvalue weighted by molar-refractivity contribution is 8.03. The number of aliphatic hydroxyl groups is 1. The summed E-state index contributed by atoms with van der Waals surface area (Å²) in [6.45, 7) is 5.98. The third-order valence-electron chi connectivity index (χ3n) is 6.63. The standard InChI is InChI=1S/C20H25N5O5S2/c1-8-14-13(9(2)26)18(28)25(14)15(19(29)30)16(8)32-11-5-24(6-11)20-22-12(7-31-20)17(27)23-3-10(21)4-23/h7-11,13-14,26H,3-6,21H2,1-2H3,(H,29,30)/t8-,9-,13-,14-/m1/s1. The molecule has 12 heteroatoms. The zero-order chi connectivity index (χ0) is 22.9. The van der Waals surface area contributed by atoms with Crippen LogP contribution in [0.15, 0.2) is 16.0 Å². The Hall–Kier alpha value is -2.15. The minimum absolute atomic E-state index is 0.0472. The van der Waals surface area contributed by atoms with Crippen LogP contribution in [-0.2, 0) is 9.59 Å². The number of aliphatic carboxylic acids is 1. The molecular formula is C20H25N5O5S2. The fraction of sp³-hybridized carbons (Fsp3) is 0.600. The van der Waals surface area contributed by atoms with Crippen molar-refractivity contribution in [2.75, 3.05) is 31.1 Å². The first-order valence-corrected chi connectivity index (χ1v) is 12.3. The number of aromatic nitrogens is 1. The average molecular weight is 480 g/mol. The normalized spacial score (nSPS) is 28.9. The summed E-state index contributed by atoms with van der Waals surface area (Å²) in [7, 11) is 0. The second-order valence-electron chi connectivity index (χ2n) is 8.90. The summed E-state index contributed by atoms with van der Waals surface area (Å²) in [6, 6.07) is -0.250. The molecule has 4 atom stereocenters. The minimum Gasteiger partial charge on any atom is -0.477 e. The summed E-state index contributed by atoms with van der Waals surface area (Å²) in [6.07, 6.45) is -0.807. The fourth-order valence-electron chi connectivity index (χ4n) is 4.88. The number of hydrogen-bond donors (Lipinski definition) is 3. The number of carbonyl (C=O) groups is 3. The molecule has 32 heavy (non-hydrogen) atoms. The van der Waals surface area contributed by atoms with Gasteiger partial charge in [-0.15, -0.1) is 23.1 Å². The number of thioether (sulfide) groups is 1. The lowest BCUT2D eigenvalue weighted by molar-refractivity contribution is -0.163. The lowest BCUT2D eigenvalue weighted by Crippen LogP contribution is -2.63. The van der Waals surface area contributed by atoms with Gasteiger partial charge in [-0.2, -0.15) is 0 Å². The number of carboxylic acids is 1. The first-order chi connectivity index (χ1) is 15.2. The van der Waals surface area contributed by atoms with Crippen molar-refractivity contribution in [3.8, 4) is 0 Å². The van der Waals surface area contributed by atoms with E-state index < -0.39 is 18.0 Å². The van der Waals surface area contributed by atoms with Crippen molar-refractivity contribution in [2.24, 2.45) is 17.6 Å². The zero-order valence-corrected chi connectivity index (χ0v) is 19.3. The summed E-state index contributed by atoms with van der Waals surface area (Å²) in [5.74, 6) is -2.21. The van der Waals surface area contributed by atoms with Gasteiger partial charge in [-0.25, -0.2) is 9.78 Å². The first kappa shape index (κ1) is 21.7. The van der Waals surface area contributed by atoms with Gasteiger partial charge in [0.15, 0.2) is 5.13 Å².